The molecule has 0 radical (unpaired) electrons. The van der Waals surface area contributed by atoms with E-state index in [0.717, 1.165) is 0 Å². The van der Waals surface area contributed by atoms with Gasteiger partial charge in [0.2, 0.25) is 6.41 Å². The highest BCUT2D eigenvalue weighted by molar-refractivity contribution is 6.35. The minimum atomic E-state index is -0.599. The Morgan fingerprint density at radius 3 is 2.72 bits per heavy atom. The van der Waals surface area contributed by atoms with Gasteiger partial charge in [-0.1, -0.05) is 30.9 Å². The van der Waals surface area contributed by atoms with Crippen molar-refractivity contribution in [2.75, 3.05) is 5.32 Å². The number of nitrogens with one attached hydrogen (secondary N) is 2. The number of nitrogens with zero attached hydrogens (tertiary/aromatic N) is 6. The first-order chi connectivity index (χ1) is 15.6. The number of imidazole rings is 1. The first kappa shape index (κ1) is 20.1. The number of benzene rings is 1. The fourth-order valence-corrected chi connectivity index (χ4v) is 3.68. The van der Waals surface area contributed by atoms with Gasteiger partial charge in [0.05, 0.1) is 46.1 Å². The van der Waals surface area contributed by atoms with Crippen LogP contribution in [0.5, 0.6) is 0 Å². The maximum atomic E-state index is 15.4. The minimum absolute atomic E-state index is 0.0756. The number of amides is 1. The average Bonchev–Trinajstić information content (AvgIpc) is 3.34. The third-order valence-electron chi connectivity index (χ3n) is 5.03. The van der Waals surface area contributed by atoms with E-state index in [2.05, 4.69) is 30.6 Å². The van der Waals surface area contributed by atoms with Gasteiger partial charge in [-0.25, -0.2) is 9.37 Å². The Morgan fingerprint density at radius 1 is 1.22 bits per heavy atom. The van der Waals surface area contributed by atoms with E-state index in [1.165, 1.54) is 25.5 Å². The van der Waals surface area contributed by atoms with Gasteiger partial charge in [0, 0.05) is 30.4 Å². The zero-order valence-corrected chi connectivity index (χ0v) is 17.8. The summed E-state index contributed by atoms with van der Waals surface area (Å²) in [6.45, 7) is 0. The number of aromatic nitrogens is 7. The molecule has 0 spiro atoms. The molecule has 0 unspecified atom stereocenters. The predicted molar refractivity (Wildman–Crippen MR) is 119 cm³/mol. The van der Waals surface area contributed by atoms with Crippen LogP contribution < -0.4 is 5.32 Å². The first-order valence-corrected chi connectivity index (χ1v) is 10.3. The third kappa shape index (κ3) is 3.48. The van der Waals surface area contributed by atoms with Crippen LogP contribution in [0.15, 0.2) is 37.1 Å². The molecule has 1 aliphatic rings. The quantitative estimate of drug-likeness (QED) is 0.397. The van der Waals surface area contributed by atoms with Gasteiger partial charge in [-0.05, 0) is 6.07 Å². The van der Waals surface area contributed by atoms with Crippen molar-refractivity contribution in [2.45, 2.75) is 19.3 Å². The molecule has 1 saturated carbocycles. The van der Waals surface area contributed by atoms with Crippen LogP contribution in [-0.4, -0.2) is 40.8 Å². The number of carbonyl (C=O) groups is 1. The van der Waals surface area contributed by atoms with Crippen molar-refractivity contribution in [3.05, 3.63) is 47.9 Å². The fraction of sp³-hybridized carbons (Fsp3) is 0.190. The Balaban J connectivity index is 0.000000666. The highest BCUT2D eigenvalue weighted by Gasteiger charge is 2.24. The highest BCUT2D eigenvalue weighted by Crippen LogP contribution is 2.42. The molecule has 0 saturated heterocycles. The van der Waals surface area contributed by atoms with Gasteiger partial charge in [-0.3, -0.25) is 19.6 Å². The van der Waals surface area contributed by atoms with Crippen LogP contribution in [0, 0.1) is 5.82 Å². The molecule has 162 valence electrons. The van der Waals surface area contributed by atoms with Gasteiger partial charge in [0.15, 0.2) is 17.3 Å². The Morgan fingerprint density at radius 2 is 2.03 bits per heavy atom. The standard InChI is InChI=1S/C18H12ClFN8O.C3H6/c1-27-11(2-3-24-27)15-17(20)16(19)14(9-4-23-26-18(9)15)10-6-28-7-12(22-8-29)25-13(28)5-21-10;1-2-3-1/h2-8H,1H3,(H,22,29)(H,23,26);1-3H2. The van der Waals surface area contributed by atoms with Crippen molar-refractivity contribution in [2.24, 2.45) is 7.05 Å². The van der Waals surface area contributed by atoms with Gasteiger partial charge < -0.3 is 9.72 Å². The molecule has 1 fully saturated rings. The van der Waals surface area contributed by atoms with E-state index in [-0.39, 0.29) is 10.6 Å². The number of hydrogen-bond donors (Lipinski definition) is 2. The van der Waals surface area contributed by atoms with Crippen LogP contribution in [0.1, 0.15) is 19.3 Å². The fourth-order valence-electron chi connectivity index (χ4n) is 3.38. The number of carbonyl (C=O) groups excluding carboxylic acids is 1. The van der Waals surface area contributed by atoms with Crippen molar-refractivity contribution in [1.29, 1.82) is 0 Å². The smallest absolute Gasteiger partial charge is 0.212 e. The largest absolute Gasteiger partial charge is 0.312 e. The van der Waals surface area contributed by atoms with Gasteiger partial charge in [0.1, 0.15) is 0 Å². The Bertz CT molecular complexity index is 1450. The van der Waals surface area contributed by atoms with Crippen molar-refractivity contribution in [3.8, 4) is 22.5 Å². The van der Waals surface area contributed by atoms with E-state index >= 15 is 4.39 Å². The van der Waals surface area contributed by atoms with Gasteiger partial charge in [-0.2, -0.15) is 10.2 Å². The number of hydrogen-bond acceptors (Lipinski definition) is 5. The van der Waals surface area contributed by atoms with Crippen molar-refractivity contribution >= 4 is 40.4 Å². The monoisotopic (exact) mass is 452 g/mol. The second-order valence-corrected chi connectivity index (χ2v) is 7.74. The first-order valence-electron chi connectivity index (χ1n) is 9.96. The zero-order chi connectivity index (χ0) is 22.2. The molecule has 1 amide bonds. The van der Waals surface area contributed by atoms with Crippen LogP contribution in [0.2, 0.25) is 5.02 Å². The van der Waals surface area contributed by atoms with Gasteiger partial charge >= 0.3 is 0 Å². The number of fused-ring (bicyclic) bond motifs is 2. The molecule has 1 aromatic carbocycles. The molecule has 6 rings (SSSR count). The Kier molecular flexibility index (Phi) is 5.06. The maximum absolute atomic E-state index is 15.4. The lowest BCUT2D eigenvalue weighted by atomic mass is 10.0. The predicted octanol–water partition coefficient (Wildman–Crippen LogP) is 4.20. The number of aryl methyl sites for hydroxylation is 1. The number of anilines is 1. The molecular formula is C21H18ClFN8O. The molecule has 4 heterocycles. The van der Waals surface area contributed by atoms with E-state index < -0.39 is 5.82 Å². The van der Waals surface area contributed by atoms with Crippen molar-refractivity contribution < 1.29 is 9.18 Å². The lowest BCUT2D eigenvalue weighted by Gasteiger charge is -2.12. The van der Waals surface area contributed by atoms with Crippen LogP contribution in [0.4, 0.5) is 10.2 Å². The lowest BCUT2D eigenvalue weighted by Crippen LogP contribution is -1.99. The highest BCUT2D eigenvalue weighted by atomic mass is 35.5. The minimum Gasteiger partial charge on any atom is -0.312 e. The molecule has 0 bridgehead atoms. The maximum Gasteiger partial charge on any atom is 0.212 e. The normalized spacial score (nSPS) is 12.6. The van der Waals surface area contributed by atoms with Crippen molar-refractivity contribution in [3.63, 3.8) is 0 Å². The van der Waals surface area contributed by atoms with E-state index in [0.29, 0.717) is 45.7 Å². The molecule has 11 heteroatoms. The molecular weight excluding hydrogens is 435 g/mol. The van der Waals surface area contributed by atoms with E-state index in [1.54, 1.807) is 47.0 Å². The van der Waals surface area contributed by atoms with Crippen LogP contribution in [-0.2, 0) is 11.8 Å². The molecule has 32 heavy (non-hydrogen) atoms. The number of rotatable bonds is 4. The van der Waals surface area contributed by atoms with Gasteiger partial charge in [0.25, 0.3) is 0 Å². The summed E-state index contributed by atoms with van der Waals surface area (Å²) >= 11 is 6.47. The second kappa shape index (κ2) is 8.04. The van der Waals surface area contributed by atoms with Crippen LogP contribution in [0.3, 0.4) is 0 Å². The Hall–Kier alpha value is -3.79. The molecule has 9 nitrogen and oxygen atoms in total. The summed E-state index contributed by atoms with van der Waals surface area (Å²) < 4.78 is 18.6. The molecule has 4 aromatic heterocycles. The summed E-state index contributed by atoms with van der Waals surface area (Å²) in [4.78, 5) is 19.2. The summed E-state index contributed by atoms with van der Waals surface area (Å²) in [5.41, 5.74) is 2.69. The molecule has 5 aromatic rings. The number of H-pyrrole nitrogens is 1. The summed E-state index contributed by atoms with van der Waals surface area (Å²) in [5.74, 6) is -0.228. The SMILES string of the molecule is C1CC1.Cn1nccc1-c1c(F)c(Cl)c(-c2cn3cc(NC=O)nc3cn2)c2cn[nH]c12. The summed E-state index contributed by atoms with van der Waals surface area (Å²) in [6.07, 6.45) is 13.0. The van der Waals surface area contributed by atoms with E-state index in [1.807, 2.05) is 0 Å². The third-order valence-corrected chi connectivity index (χ3v) is 5.38. The number of aromatic amines is 1. The summed E-state index contributed by atoms with van der Waals surface area (Å²) in [7, 11) is 1.72. The lowest BCUT2D eigenvalue weighted by molar-refractivity contribution is -0.105. The van der Waals surface area contributed by atoms with Crippen LogP contribution in [0.25, 0.3) is 39.1 Å². The van der Waals surface area contributed by atoms with E-state index in [9.17, 15) is 4.79 Å². The molecule has 0 aliphatic heterocycles. The van der Waals surface area contributed by atoms with Crippen LogP contribution >= 0.6 is 11.6 Å². The van der Waals surface area contributed by atoms with Gasteiger partial charge in [-0.15, -0.1) is 0 Å². The topological polar surface area (TPSA) is 106 Å². The molecule has 1 aliphatic carbocycles. The summed E-state index contributed by atoms with van der Waals surface area (Å²) in [6, 6.07) is 1.70. The summed E-state index contributed by atoms with van der Waals surface area (Å²) in [5, 5.41) is 14.1. The van der Waals surface area contributed by atoms with E-state index in [4.69, 9.17) is 11.6 Å². The molecule has 2 N–H and O–H groups in total. The average molecular weight is 453 g/mol. The number of halogens is 2. The zero-order valence-electron chi connectivity index (χ0n) is 17.0. The van der Waals surface area contributed by atoms with Crippen molar-refractivity contribution in [1.82, 2.24) is 34.3 Å². The Labute approximate surface area is 186 Å². The second-order valence-electron chi connectivity index (χ2n) is 7.36. The molecule has 0 atom stereocenters.